The first-order valence-corrected chi connectivity index (χ1v) is 7.68. The number of aliphatic hydroxyl groups excluding tert-OH is 1. The van der Waals surface area contributed by atoms with E-state index >= 15 is 0 Å². The van der Waals surface area contributed by atoms with Gasteiger partial charge in [0, 0.05) is 5.48 Å². The Morgan fingerprint density at radius 1 is 1.12 bits per heavy atom. The second-order valence-corrected chi connectivity index (χ2v) is 5.20. The molecule has 0 spiro atoms. The van der Waals surface area contributed by atoms with E-state index in [-0.39, 0.29) is 17.2 Å². The molecule has 0 aromatic heterocycles. The zero-order valence-corrected chi connectivity index (χ0v) is 14.7. The van der Waals surface area contributed by atoms with Gasteiger partial charge in [-0.05, 0) is 73.9 Å². The Balaban J connectivity index is 2.43. The summed E-state index contributed by atoms with van der Waals surface area (Å²) >= 11 is 0. The highest BCUT2D eigenvalue weighted by molar-refractivity contribution is 5.42. The van der Waals surface area contributed by atoms with E-state index in [1.54, 1.807) is 0 Å². The van der Waals surface area contributed by atoms with Crippen LogP contribution in [0, 0.1) is 13.8 Å². The summed E-state index contributed by atoms with van der Waals surface area (Å²) in [6, 6.07) is -3.65. The molecular weight excluding hydrogens is 328 g/mol. The van der Waals surface area contributed by atoms with E-state index in [2.05, 4.69) is 0 Å². The van der Waals surface area contributed by atoms with Crippen LogP contribution in [0.25, 0.3) is 0 Å². The van der Waals surface area contributed by atoms with Gasteiger partial charge in [-0.15, -0.1) is 0 Å². The molecule has 0 fully saturated rings. The summed E-state index contributed by atoms with van der Waals surface area (Å²) < 4.78 is 135. The maximum atomic E-state index is 10.6. The lowest BCUT2D eigenvalue weighted by molar-refractivity contribution is 0.0976. The molecule has 4 heteroatoms. The lowest BCUT2D eigenvalue weighted by atomic mass is 10.0. The van der Waals surface area contributed by atoms with Crippen molar-refractivity contribution < 1.29 is 39.9 Å². The summed E-state index contributed by atoms with van der Waals surface area (Å²) in [5, 5.41) is 10.6. The Bertz CT molecular complexity index is 1280. The monoisotopic (exact) mass is 373 g/mol. The minimum Gasteiger partial charge on any atom is -0.493 e. The molecule has 2 rings (SSSR count). The van der Waals surface area contributed by atoms with Crippen LogP contribution in [0.1, 0.15) is 56.4 Å². The van der Waals surface area contributed by atoms with Gasteiger partial charge in [0.25, 0.3) is 0 Å². The Morgan fingerprint density at radius 2 is 1.96 bits per heavy atom. The summed E-state index contributed by atoms with van der Waals surface area (Å²) in [5.74, 6) is -1.99. The van der Waals surface area contributed by atoms with Gasteiger partial charge in [0.05, 0.1) is 35.3 Å². The second-order valence-electron chi connectivity index (χ2n) is 5.20. The molecule has 0 saturated carbocycles. The molecule has 0 aliphatic heterocycles. The summed E-state index contributed by atoms with van der Waals surface area (Å²) in [6.45, 7) is -0.383. The Hall–Kier alpha value is -2.20. The van der Waals surface area contributed by atoms with E-state index in [9.17, 15) is 5.11 Å². The van der Waals surface area contributed by atoms with Crippen LogP contribution in [0.2, 0.25) is 0 Å². The maximum absolute atomic E-state index is 10.6. The van der Waals surface area contributed by atoms with Crippen LogP contribution in [0.3, 0.4) is 0 Å². The van der Waals surface area contributed by atoms with Crippen LogP contribution in [0.4, 0.5) is 0 Å². The van der Waals surface area contributed by atoms with Crippen molar-refractivity contribution in [1.29, 1.82) is 0 Å². The highest BCUT2D eigenvalue weighted by Crippen LogP contribution is 2.28. The molecule has 0 aliphatic rings. The first kappa shape index (κ1) is 7.81. The molecular formula is C22H30O4. The largest absolute Gasteiger partial charge is 0.493 e. The van der Waals surface area contributed by atoms with E-state index in [1.807, 2.05) is 0 Å². The van der Waals surface area contributed by atoms with Crippen molar-refractivity contribution in [3.63, 3.8) is 0 Å². The van der Waals surface area contributed by atoms with Gasteiger partial charge in [0.2, 0.25) is 0 Å². The van der Waals surface area contributed by atoms with Gasteiger partial charge in [0.15, 0.2) is 11.5 Å². The van der Waals surface area contributed by atoms with Gasteiger partial charge >= 0.3 is 0 Å². The number of methoxy groups -OCH3 is 2. The topological polar surface area (TPSA) is 47.9 Å². The molecule has 26 heavy (non-hydrogen) atoms. The van der Waals surface area contributed by atoms with Gasteiger partial charge < -0.3 is 19.3 Å². The second kappa shape index (κ2) is 10.1. The molecule has 2 aromatic rings. The quantitative estimate of drug-likeness (QED) is 0.667. The first-order valence-electron chi connectivity index (χ1n) is 15.2. The van der Waals surface area contributed by atoms with Crippen LogP contribution in [0.15, 0.2) is 36.3 Å². The normalized spacial score (nSPS) is 22.4. The smallest absolute Gasteiger partial charge is 0.160 e. The van der Waals surface area contributed by atoms with Crippen molar-refractivity contribution in [3.05, 3.63) is 52.9 Å². The predicted molar refractivity (Wildman–Crippen MR) is 105 cm³/mol. The van der Waals surface area contributed by atoms with Crippen molar-refractivity contribution >= 4 is 0 Å². The summed E-state index contributed by atoms with van der Waals surface area (Å²) in [6.07, 6.45) is -10.6. The average Bonchev–Trinajstić information content (AvgIpc) is 2.83. The molecule has 0 heterocycles. The van der Waals surface area contributed by atoms with Gasteiger partial charge in [-0.1, -0.05) is 18.5 Å². The van der Waals surface area contributed by atoms with Gasteiger partial charge in [-0.2, -0.15) is 0 Å². The maximum Gasteiger partial charge on any atom is 0.160 e. The van der Waals surface area contributed by atoms with E-state index in [4.69, 9.17) is 34.8 Å². The fraction of sp³-hybridized carbons (Fsp3) is 0.455. The fourth-order valence-electron chi connectivity index (χ4n) is 1.82. The van der Waals surface area contributed by atoms with Crippen molar-refractivity contribution in [3.8, 4) is 17.2 Å². The average molecular weight is 374 g/mol. The zero-order chi connectivity index (χ0) is 32.0. The Morgan fingerprint density at radius 3 is 2.73 bits per heavy atom. The van der Waals surface area contributed by atoms with Crippen molar-refractivity contribution in [2.75, 3.05) is 20.7 Å². The molecule has 1 N–H and O–H groups in total. The number of rotatable bonds is 10. The molecule has 1 unspecified atom stereocenters. The predicted octanol–water partition coefficient (Wildman–Crippen LogP) is 4.47. The molecule has 0 saturated heterocycles. The van der Waals surface area contributed by atoms with Crippen molar-refractivity contribution in [2.45, 2.75) is 45.5 Å². The summed E-state index contributed by atoms with van der Waals surface area (Å²) in [5.41, 5.74) is -0.0279. The zero-order valence-electron chi connectivity index (χ0n) is 29.7. The van der Waals surface area contributed by atoms with Gasteiger partial charge in [-0.25, -0.2) is 0 Å². The molecule has 142 valence electrons. The van der Waals surface area contributed by atoms with E-state index in [0.717, 1.165) is 7.11 Å². The lowest BCUT2D eigenvalue weighted by Gasteiger charge is -2.13. The number of aliphatic hydroxyl groups is 1. The summed E-state index contributed by atoms with van der Waals surface area (Å²) in [7, 11) is -2.03. The molecule has 1 atom stereocenters. The number of ether oxygens (including phenoxy) is 3. The standard InChI is InChI=1S/C22H30O4/c1-16-9-11-20(13-17(16)2)26-15-19(23)8-6-5-7-18-10-12-21(24-3)22(14-18)25-4/h9-14,19,23H,5-8,15H2,1-4H3/i4D3,5D2,8D2,9D,10D,11D,12D,13D,14D,15D2. The minimum absolute atomic E-state index is 0.207. The highest BCUT2D eigenvalue weighted by Gasteiger charge is 2.07. The summed E-state index contributed by atoms with van der Waals surface area (Å²) in [4.78, 5) is 0. The van der Waals surface area contributed by atoms with Gasteiger partial charge in [0.1, 0.15) is 12.3 Å². The van der Waals surface area contributed by atoms with Crippen molar-refractivity contribution in [1.82, 2.24) is 0 Å². The Kier molecular flexibility index (Phi) is 3.03. The first-order chi connectivity index (χ1) is 18.4. The van der Waals surface area contributed by atoms with Crippen LogP contribution in [0.5, 0.6) is 17.2 Å². The van der Waals surface area contributed by atoms with E-state index < -0.39 is 98.3 Å². The molecule has 2 aromatic carbocycles. The molecule has 0 bridgehead atoms. The van der Waals surface area contributed by atoms with E-state index in [0.29, 0.717) is 0 Å². The van der Waals surface area contributed by atoms with Crippen LogP contribution in [-0.2, 0) is 6.42 Å². The van der Waals surface area contributed by atoms with Crippen LogP contribution >= 0.6 is 0 Å². The molecule has 0 amide bonds. The fourth-order valence-corrected chi connectivity index (χ4v) is 1.82. The van der Waals surface area contributed by atoms with Gasteiger partial charge in [-0.3, -0.25) is 0 Å². The van der Waals surface area contributed by atoms with E-state index in [1.165, 1.54) is 13.8 Å². The van der Waals surface area contributed by atoms with Crippen molar-refractivity contribution in [2.24, 2.45) is 0 Å². The number of hydrogen-bond donors (Lipinski definition) is 1. The molecule has 0 aliphatic carbocycles. The number of benzene rings is 2. The SMILES string of the molecule is [2H]c1c([2H])c(OC([2H])([2H])C(O)C([2H])([2H])CC([2H])([2H])Cc2c([2H])c([2H])c(OC)c(OC([2H])([2H])[2H])c2[2H])c([2H])c(C)c1C. The molecule has 0 radical (unpaired) electrons. The minimum atomic E-state index is -3.31. The van der Waals surface area contributed by atoms with Crippen LogP contribution < -0.4 is 14.2 Å². The van der Waals surface area contributed by atoms with Crippen LogP contribution in [-0.4, -0.2) is 31.9 Å². The third kappa shape index (κ3) is 5.95. The third-order valence-corrected chi connectivity index (χ3v) is 3.33. The molecule has 4 nitrogen and oxygen atoms in total. The highest BCUT2D eigenvalue weighted by atomic mass is 16.5. The Labute approximate surface area is 177 Å². The number of hydrogen-bond acceptors (Lipinski definition) is 4. The third-order valence-electron chi connectivity index (χ3n) is 3.33. The lowest BCUT2D eigenvalue weighted by Crippen LogP contribution is -2.17.